The zero-order valence-electron chi connectivity index (χ0n) is 2.06. The molecule has 0 aromatic carbocycles. The van der Waals surface area contributed by atoms with E-state index in [0.29, 0.717) is 6.08 Å². The van der Waals surface area contributed by atoms with Gasteiger partial charge in [-0.3, -0.25) is 4.79 Å². The molecule has 0 amide bonds. The van der Waals surface area contributed by atoms with Crippen molar-refractivity contribution < 1.29 is 24.3 Å². The standard InChI is InChI=1S/CNO.Zn/c2-1-3;/q-1;. The van der Waals surface area contributed by atoms with Crippen molar-refractivity contribution in [3.8, 4) is 0 Å². The third-order valence-corrected chi connectivity index (χ3v) is 0. The molecule has 0 saturated carbocycles. The zero-order chi connectivity index (χ0) is 2.71. The SMILES string of the molecule is [N-]=C=O.[Zn]. The van der Waals surface area contributed by atoms with Gasteiger partial charge >= 0.3 is 0 Å². The second-order valence-electron chi connectivity index (χ2n) is 0.0913. The van der Waals surface area contributed by atoms with Crippen LogP contribution in [0.25, 0.3) is 5.41 Å². The molecule has 0 aliphatic heterocycles. The first-order chi connectivity index (χ1) is 1.41. The number of hydrogen-bond donors (Lipinski definition) is 0. The Hall–Kier alpha value is 0.00338. The van der Waals surface area contributed by atoms with E-state index < -0.39 is 0 Å². The number of rotatable bonds is 0. The van der Waals surface area contributed by atoms with Crippen LogP contribution in [0.2, 0.25) is 0 Å². The van der Waals surface area contributed by atoms with Crippen molar-refractivity contribution in [2.45, 2.75) is 0 Å². The van der Waals surface area contributed by atoms with Crippen molar-refractivity contribution >= 4 is 6.08 Å². The third-order valence-electron chi connectivity index (χ3n) is 0. The van der Waals surface area contributed by atoms with Gasteiger partial charge in [-0.15, -0.1) is 0 Å². The summed E-state index contributed by atoms with van der Waals surface area (Å²) in [7, 11) is 0. The molecule has 0 aromatic heterocycles. The predicted molar refractivity (Wildman–Crippen MR) is 9.05 cm³/mol. The van der Waals surface area contributed by atoms with Gasteiger partial charge in [-0.1, -0.05) is 0 Å². The van der Waals surface area contributed by atoms with Gasteiger partial charge in [0.25, 0.3) is 0 Å². The van der Waals surface area contributed by atoms with Gasteiger partial charge in [-0.25, -0.2) is 0 Å². The quantitative estimate of drug-likeness (QED) is 0.242. The molecule has 4 heavy (non-hydrogen) atoms. The van der Waals surface area contributed by atoms with Crippen molar-refractivity contribution in [2.24, 2.45) is 0 Å². The fraction of sp³-hybridized carbons (Fsp3) is 0. The van der Waals surface area contributed by atoms with E-state index in [1.165, 1.54) is 0 Å². The molecule has 0 unspecified atom stereocenters. The van der Waals surface area contributed by atoms with Gasteiger partial charge in [0.1, 0.15) is 0 Å². The minimum Gasteiger partial charge on any atom is -0.724 e. The molecule has 0 aliphatic rings. The molecule has 0 aliphatic carbocycles. The Morgan fingerprint density at radius 3 is 1.75 bits per heavy atom. The maximum absolute atomic E-state index is 8.24. The minimum absolute atomic E-state index is 0. The molecule has 0 saturated heterocycles. The summed E-state index contributed by atoms with van der Waals surface area (Å²) in [4.78, 5) is 8.24. The van der Waals surface area contributed by atoms with Crippen LogP contribution in [0.4, 0.5) is 0 Å². The van der Waals surface area contributed by atoms with Gasteiger partial charge in [0, 0.05) is 19.5 Å². The number of hydrogen-bond acceptors (Lipinski definition) is 1. The van der Waals surface area contributed by atoms with Crippen LogP contribution in [0, 0.1) is 0 Å². The molecule has 3 heteroatoms. The Morgan fingerprint density at radius 1 is 1.75 bits per heavy atom. The average Bonchev–Trinajstić information content (AvgIpc) is 0.918. The molecule has 0 spiro atoms. The van der Waals surface area contributed by atoms with Crippen LogP contribution in [0.15, 0.2) is 0 Å². The summed E-state index contributed by atoms with van der Waals surface area (Å²) in [6.45, 7) is 0. The summed E-state index contributed by atoms with van der Waals surface area (Å²) in [6.07, 6.45) is 0.500. The molecule has 0 rings (SSSR count). The van der Waals surface area contributed by atoms with Gasteiger partial charge in [0.05, 0.1) is 0 Å². The van der Waals surface area contributed by atoms with Crippen molar-refractivity contribution in [2.75, 3.05) is 0 Å². The Morgan fingerprint density at radius 2 is 1.75 bits per heavy atom. The molecule has 0 bridgehead atoms. The Balaban J connectivity index is 0. The smallest absolute Gasteiger partial charge is 0 e. The molecule has 0 aromatic rings. The fourth-order valence-corrected chi connectivity index (χ4v) is 0. The third kappa shape index (κ3) is 177000. The summed E-state index contributed by atoms with van der Waals surface area (Å²) in [5, 5.41) is 6.76. The van der Waals surface area contributed by atoms with Crippen molar-refractivity contribution in [1.29, 1.82) is 0 Å². The van der Waals surface area contributed by atoms with E-state index in [1.807, 2.05) is 0 Å². The molecular formula is CNOZn-. The van der Waals surface area contributed by atoms with E-state index in [-0.39, 0.29) is 19.5 Å². The first-order valence-electron chi connectivity index (χ1n) is 0.428. The normalized spacial score (nSPS) is 2.00. The van der Waals surface area contributed by atoms with E-state index in [9.17, 15) is 0 Å². The van der Waals surface area contributed by atoms with Crippen LogP contribution in [0.3, 0.4) is 0 Å². The largest absolute Gasteiger partial charge is 0.724 e. The van der Waals surface area contributed by atoms with Gasteiger partial charge in [0.15, 0.2) is 0 Å². The van der Waals surface area contributed by atoms with Crippen LogP contribution in [0.1, 0.15) is 0 Å². The summed E-state index contributed by atoms with van der Waals surface area (Å²) < 4.78 is 0. The van der Waals surface area contributed by atoms with E-state index in [1.54, 1.807) is 0 Å². The van der Waals surface area contributed by atoms with E-state index in [4.69, 9.17) is 10.2 Å². The monoisotopic (exact) mass is 106 g/mol. The maximum Gasteiger partial charge on any atom is 0 e. The molecule has 0 atom stereocenters. The van der Waals surface area contributed by atoms with Crippen LogP contribution >= 0.6 is 0 Å². The maximum atomic E-state index is 8.24. The average molecular weight is 107 g/mol. The summed E-state index contributed by atoms with van der Waals surface area (Å²) in [6, 6.07) is 0. The Labute approximate surface area is 36.5 Å². The second kappa shape index (κ2) is 12.0. The van der Waals surface area contributed by atoms with Gasteiger partial charge in [-0.2, -0.15) is 0 Å². The van der Waals surface area contributed by atoms with Crippen molar-refractivity contribution in [3.63, 3.8) is 0 Å². The van der Waals surface area contributed by atoms with Gasteiger partial charge in [-0.05, 0) is 6.08 Å². The van der Waals surface area contributed by atoms with E-state index >= 15 is 0 Å². The molecule has 2 nitrogen and oxygen atoms in total. The molecule has 0 heterocycles. The first-order valence-corrected chi connectivity index (χ1v) is 0.428. The number of carbonyl (C=O) groups excluding carboxylic acids is 1. The number of isocyanates is 1. The molecule has 0 fully saturated rings. The fourth-order valence-electron chi connectivity index (χ4n) is 0. The predicted octanol–water partition coefficient (Wildman–Crippen LogP) is -0.111. The van der Waals surface area contributed by atoms with Crippen LogP contribution in [0.5, 0.6) is 0 Å². The Kier molecular flexibility index (Phi) is 26.9. The molecule has 0 N–H and O–H groups in total. The van der Waals surface area contributed by atoms with Crippen molar-refractivity contribution in [1.82, 2.24) is 0 Å². The molecule has 0 radical (unpaired) electrons. The van der Waals surface area contributed by atoms with Crippen LogP contribution in [-0.2, 0) is 24.3 Å². The molecular weight excluding hydrogens is 107 g/mol. The topological polar surface area (TPSA) is 39.4 Å². The zero-order valence-corrected chi connectivity index (χ0v) is 5.03. The summed E-state index contributed by atoms with van der Waals surface area (Å²) >= 11 is 0. The van der Waals surface area contributed by atoms with Crippen LogP contribution < -0.4 is 0 Å². The summed E-state index contributed by atoms with van der Waals surface area (Å²) in [5.74, 6) is 0. The van der Waals surface area contributed by atoms with Gasteiger partial charge in [0.2, 0.25) is 0 Å². The van der Waals surface area contributed by atoms with Gasteiger partial charge < -0.3 is 5.41 Å². The second-order valence-corrected chi connectivity index (χ2v) is 0.0913. The first kappa shape index (κ1) is 9.00. The molecule has 18 valence electrons. The Bertz CT molecular complexity index is 29.0. The number of nitrogens with zero attached hydrogens (tertiary/aromatic N) is 1. The van der Waals surface area contributed by atoms with Crippen molar-refractivity contribution in [3.05, 3.63) is 5.41 Å². The summed E-state index contributed by atoms with van der Waals surface area (Å²) in [5.41, 5.74) is 0. The van der Waals surface area contributed by atoms with E-state index in [0.717, 1.165) is 0 Å². The minimum atomic E-state index is 0. The van der Waals surface area contributed by atoms with Crippen LogP contribution in [-0.4, -0.2) is 6.08 Å². The van der Waals surface area contributed by atoms with E-state index in [2.05, 4.69) is 0 Å².